The van der Waals surface area contributed by atoms with Crippen LogP contribution in [0.1, 0.15) is 10.4 Å². The molecule has 1 aromatic heterocycles. The van der Waals surface area contributed by atoms with Crippen molar-refractivity contribution in [1.82, 2.24) is 9.97 Å². The molecule has 0 saturated heterocycles. The molecule has 0 aliphatic rings. The molecule has 1 heterocycles. The maximum atomic E-state index is 12.6. The third-order valence-corrected chi connectivity index (χ3v) is 4.54. The van der Waals surface area contributed by atoms with E-state index in [4.69, 9.17) is 23.2 Å². The standard InChI is InChI=1S/C20H13Cl2N3O/c21-12-9-10-13(15(22)11-12)20(26)25-16-6-2-1-5-14(16)19-23-17-7-3-4-8-18(17)24-19/h1-11H,(H,23,24)(H,25,26). The number of anilines is 1. The van der Waals surface area contributed by atoms with Crippen LogP contribution in [0.15, 0.2) is 66.7 Å². The van der Waals surface area contributed by atoms with E-state index in [9.17, 15) is 4.79 Å². The van der Waals surface area contributed by atoms with Gasteiger partial charge in [-0.15, -0.1) is 0 Å². The molecule has 26 heavy (non-hydrogen) atoms. The van der Waals surface area contributed by atoms with Gasteiger partial charge in [-0.3, -0.25) is 4.79 Å². The maximum absolute atomic E-state index is 12.6. The summed E-state index contributed by atoms with van der Waals surface area (Å²) in [6.45, 7) is 0. The minimum Gasteiger partial charge on any atom is -0.338 e. The van der Waals surface area contributed by atoms with Gasteiger partial charge in [0.25, 0.3) is 5.91 Å². The van der Waals surface area contributed by atoms with Crippen LogP contribution in [0.25, 0.3) is 22.4 Å². The summed E-state index contributed by atoms with van der Waals surface area (Å²) >= 11 is 12.0. The van der Waals surface area contributed by atoms with Crippen molar-refractivity contribution in [1.29, 1.82) is 0 Å². The molecule has 0 spiro atoms. The second kappa shape index (κ2) is 6.83. The number of imidazole rings is 1. The van der Waals surface area contributed by atoms with Crippen LogP contribution < -0.4 is 5.32 Å². The lowest BCUT2D eigenvalue weighted by atomic mass is 10.1. The molecule has 1 amide bonds. The zero-order chi connectivity index (χ0) is 18.1. The third kappa shape index (κ3) is 3.17. The van der Waals surface area contributed by atoms with Gasteiger partial charge in [0.05, 0.1) is 27.3 Å². The number of aromatic amines is 1. The summed E-state index contributed by atoms with van der Waals surface area (Å²) in [6.07, 6.45) is 0. The van der Waals surface area contributed by atoms with E-state index in [1.165, 1.54) is 0 Å². The number of para-hydroxylation sites is 3. The van der Waals surface area contributed by atoms with Crippen molar-refractivity contribution in [2.75, 3.05) is 5.32 Å². The predicted molar refractivity (Wildman–Crippen MR) is 106 cm³/mol. The molecule has 4 nitrogen and oxygen atoms in total. The molecule has 0 saturated carbocycles. The molecule has 0 bridgehead atoms. The lowest BCUT2D eigenvalue weighted by molar-refractivity contribution is 0.102. The molecule has 3 aromatic carbocycles. The quantitative estimate of drug-likeness (QED) is 0.471. The molecular formula is C20H13Cl2N3O. The Labute approximate surface area is 159 Å². The fourth-order valence-corrected chi connectivity index (χ4v) is 3.24. The summed E-state index contributed by atoms with van der Waals surface area (Å²) in [5.74, 6) is 0.375. The molecule has 0 aliphatic carbocycles. The molecule has 6 heteroatoms. The largest absolute Gasteiger partial charge is 0.338 e. The Bertz CT molecular complexity index is 1090. The number of fused-ring (bicyclic) bond motifs is 1. The van der Waals surface area contributed by atoms with Crippen molar-refractivity contribution in [2.24, 2.45) is 0 Å². The van der Waals surface area contributed by atoms with Gasteiger partial charge in [-0.05, 0) is 42.5 Å². The SMILES string of the molecule is O=C(Nc1ccccc1-c1nc2ccccc2[nH]1)c1ccc(Cl)cc1Cl. The van der Waals surface area contributed by atoms with Crippen LogP contribution in [-0.2, 0) is 0 Å². The number of aromatic nitrogens is 2. The maximum Gasteiger partial charge on any atom is 0.257 e. The van der Waals surface area contributed by atoms with Crippen molar-refractivity contribution in [3.05, 3.63) is 82.3 Å². The van der Waals surface area contributed by atoms with Gasteiger partial charge in [-0.25, -0.2) is 4.98 Å². The average Bonchev–Trinajstić information content (AvgIpc) is 3.06. The first-order valence-corrected chi connectivity index (χ1v) is 8.68. The van der Waals surface area contributed by atoms with Crippen molar-refractivity contribution >= 4 is 45.8 Å². The van der Waals surface area contributed by atoms with Crippen molar-refractivity contribution in [3.8, 4) is 11.4 Å². The fourth-order valence-electron chi connectivity index (χ4n) is 2.74. The molecule has 2 N–H and O–H groups in total. The van der Waals surface area contributed by atoms with Crippen molar-refractivity contribution in [3.63, 3.8) is 0 Å². The van der Waals surface area contributed by atoms with E-state index in [1.807, 2.05) is 48.5 Å². The normalized spacial score (nSPS) is 10.8. The summed E-state index contributed by atoms with van der Waals surface area (Å²) in [6, 6.07) is 20.0. The zero-order valence-electron chi connectivity index (χ0n) is 13.5. The van der Waals surface area contributed by atoms with Crippen LogP contribution in [0.2, 0.25) is 10.0 Å². The number of halogens is 2. The minimum atomic E-state index is -0.310. The summed E-state index contributed by atoms with van der Waals surface area (Å²) in [4.78, 5) is 20.5. The minimum absolute atomic E-state index is 0.302. The monoisotopic (exact) mass is 381 g/mol. The lowest BCUT2D eigenvalue weighted by Gasteiger charge is -2.10. The second-order valence-corrected chi connectivity index (χ2v) is 6.57. The second-order valence-electron chi connectivity index (χ2n) is 5.73. The number of carbonyl (C=O) groups is 1. The van der Waals surface area contributed by atoms with Gasteiger partial charge in [-0.1, -0.05) is 47.5 Å². The molecular weight excluding hydrogens is 369 g/mol. The Morgan fingerprint density at radius 1 is 0.962 bits per heavy atom. The van der Waals surface area contributed by atoms with Gasteiger partial charge >= 0.3 is 0 Å². The van der Waals surface area contributed by atoms with Crippen LogP contribution in [0.3, 0.4) is 0 Å². The number of hydrogen-bond acceptors (Lipinski definition) is 2. The molecule has 4 aromatic rings. The Morgan fingerprint density at radius 3 is 2.54 bits per heavy atom. The Hall–Kier alpha value is -2.82. The average molecular weight is 382 g/mol. The van der Waals surface area contributed by atoms with E-state index in [0.717, 1.165) is 16.6 Å². The molecule has 0 aliphatic heterocycles. The first-order valence-electron chi connectivity index (χ1n) is 7.92. The number of amides is 1. The molecule has 0 unspecified atom stereocenters. The van der Waals surface area contributed by atoms with Crippen LogP contribution in [0.4, 0.5) is 5.69 Å². The van der Waals surface area contributed by atoms with Crippen LogP contribution in [-0.4, -0.2) is 15.9 Å². The van der Waals surface area contributed by atoms with E-state index < -0.39 is 0 Å². The number of H-pyrrole nitrogens is 1. The number of hydrogen-bond donors (Lipinski definition) is 2. The Morgan fingerprint density at radius 2 is 1.73 bits per heavy atom. The van der Waals surface area contributed by atoms with E-state index >= 15 is 0 Å². The van der Waals surface area contributed by atoms with Crippen molar-refractivity contribution in [2.45, 2.75) is 0 Å². The highest BCUT2D eigenvalue weighted by molar-refractivity contribution is 6.37. The molecule has 0 atom stereocenters. The van der Waals surface area contributed by atoms with E-state index in [0.29, 0.717) is 27.1 Å². The highest BCUT2D eigenvalue weighted by atomic mass is 35.5. The summed E-state index contributed by atoms with van der Waals surface area (Å²) in [5.41, 5.74) is 3.59. The number of benzene rings is 3. The van der Waals surface area contributed by atoms with Gasteiger partial charge < -0.3 is 10.3 Å². The third-order valence-electron chi connectivity index (χ3n) is 4.00. The summed E-state index contributed by atoms with van der Waals surface area (Å²) in [5, 5.41) is 3.69. The van der Waals surface area contributed by atoms with Crippen LogP contribution >= 0.6 is 23.2 Å². The number of rotatable bonds is 3. The smallest absolute Gasteiger partial charge is 0.257 e. The number of nitrogens with zero attached hydrogens (tertiary/aromatic N) is 1. The Balaban J connectivity index is 1.70. The van der Waals surface area contributed by atoms with Crippen LogP contribution in [0, 0.1) is 0 Å². The molecule has 128 valence electrons. The van der Waals surface area contributed by atoms with Gasteiger partial charge in [0, 0.05) is 10.6 Å². The van der Waals surface area contributed by atoms with Crippen LogP contribution in [0.5, 0.6) is 0 Å². The summed E-state index contributed by atoms with van der Waals surface area (Å²) < 4.78 is 0. The van der Waals surface area contributed by atoms with E-state index in [-0.39, 0.29) is 5.91 Å². The first-order chi connectivity index (χ1) is 12.6. The predicted octanol–water partition coefficient (Wildman–Crippen LogP) is 5.79. The fraction of sp³-hybridized carbons (Fsp3) is 0. The van der Waals surface area contributed by atoms with Gasteiger partial charge in [0.2, 0.25) is 0 Å². The number of carbonyl (C=O) groups excluding carboxylic acids is 1. The lowest BCUT2D eigenvalue weighted by Crippen LogP contribution is -2.13. The molecule has 0 radical (unpaired) electrons. The van der Waals surface area contributed by atoms with E-state index in [1.54, 1.807) is 18.2 Å². The zero-order valence-corrected chi connectivity index (χ0v) is 15.0. The first kappa shape index (κ1) is 16.6. The molecule has 4 rings (SSSR count). The highest BCUT2D eigenvalue weighted by Crippen LogP contribution is 2.29. The van der Waals surface area contributed by atoms with E-state index in [2.05, 4.69) is 15.3 Å². The van der Waals surface area contributed by atoms with Crippen molar-refractivity contribution < 1.29 is 4.79 Å². The molecule has 0 fully saturated rings. The van der Waals surface area contributed by atoms with Gasteiger partial charge in [0.15, 0.2) is 0 Å². The van der Waals surface area contributed by atoms with Gasteiger partial charge in [0.1, 0.15) is 5.82 Å². The number of nitrogens with one attached hydrogen (secondary N) is 2. The summed E-state index contributed by atoms with van der Waals surface area (Å²) in [7, 11) is 0. The highest BCUT2D eigenvalue weighted by Gasteiger charge is 2.15. The Kier molecular flexibility index (Phi) is 4.37. The topological polar surface area (TPSA) is 57.8 Å². The van der Waals surface area contributed by atoms with Gasteiger partial charge in [-0.2, -0.15) is 0 Å².